The van der Waals surface area contributed by atoms with Crippen molar-refractivity contribution in [3.63, 3.8) is 0 Å². The molecule has 2 fully saturated rings. The molecule has 0 aromatic heterocycles. The molecule has 2 heterocycles. The minimum atomic E-state index is -1.11. The fourth-order valence-electron chi connectivity index (χ4n) is 4.65. The Morgan fingerprint density at radius 3 is 1.75 bits per heavy atom. The number of phenolic OH excluding ortho intramolecular Hbond substituents is 2. The molecule has 16 heteroatoms. The summed E-state index contributed by atoms with van der Waals surface area (Å²) >= 11 is 2.46. The molecule has 236 valence electrons. The Morgan fingerprint density at radius 2 is 1.30 bits per heavy atom. The van der Waals surface area contributed by atoms with Gasteiger partial charge in [-0.2, -0.15) is 0 Å². The number of esters is 2. The third kappa shape index (κ3) is 7.55. The van der Waals surface area contributed by atoms with Crippen LogP contribution in [0.5, 0.6) is 17.2 Å². The summed E-state index contributed by atoms with van der Waals surface area (Å²) < 4.78 is 9.66. The number of benzene rings is 2. The van der Waals surface area contributed by atoms with E-state index in [9.17, 15) is 49.2 Å². The monoisotopic (exact) mass is 650 g/mol. The van der Waals surface area contributed by atoms with Gasteiger partial charge in [-0.3, -0.25) is 14.4 Å². The number of carbonyl (C=O) groups is 6. The van der Waals surface area contributed by atoms with Crippen LogP contribution in [0.25, 0.3) is 0 Å². The number of hydrogen-bond acceptors (Lipinski definition) is 12. The summed E-state index contributed by atoms with van der Waals surface area (Å²) in [5, 5.41) is 36.8. The van der Waals surface area contributed by atoms with E-state index in [1.165, 1.54) is 97.6 Å². The minimum Gasteiger partial charge on any atom is -0.508 e. The van der Waals surface area contributed by atoms with Crippen LogP contribution in [0, 0.1) is 0 Å². The van der Waals surface area contributed by atoms with Crippen LogP contribution in [0.4, 0.5) is 0 Å². The van der Waals surface area contributed by atoms with E-state index in [2.05, 4.69) is 0 Å². The summed E-state index contributed by atoms with van der Waals surface area (Å²) in [6.45, 7) is 3.80. The maximum atomic E-state index is 11.9. The lowest BCUT2D eigenvalue weighted by Crippen LogP contribution is -2.42. The van der Waals surface area contributed by atoms with Gasteiger partial charge in [0.1, 0.15) is 40.1 Å². The molecule has 2 saturated heterocycles. The van der Waals surface area contributed by atoms with E-state index < -0.39 is 58.5 Å². The van der Waals surface area contributed by atoms with Crippen LogP contribution in [-0.2, 0) is 28.7 Å². The average molecular weight is 651 g/mol. The number of amides is 2. The molecule has 4 N–H and O–H groups in total. The van der Waals surface area contributed by atoms with Gasteiger partial charge in [0, 0.05) is 43.4 Å². The Morgan fingerprint density at radius 1 is 0.773 bits per heavy atom. The second-order valence-electron chi connectivity index (χ2n) is 9.51. The number of carboxylic acid groups (broad SMARTS) is 2. The van der Waals surface area contributed by atoms with Gasteiger partial charge in [0.2, 0.25) is 11.8 Å². The first-order valence-electron chi connectivity index (χ1n) is 12.9. The van der Waals surface area contributed by atoms with Crippen LogP contribution in [0.1, 0.15) is 53.0 Å². The van der Waals surface area contributed by atoms with Crippen molar-refractivity contribution in [3.8, 4) is 17.2 Å². The lowest BCUT2D eigenvalue weighted by atomic mass is 10.1. The predicted octanol–water partition coefficient (Wildman–Crippen LogP) is 2.59. The summed E-state index contributed by atoms with van der Waals surface area (Å²) in [4.78, 5) is 71.5. The number of methoxy groups -OCH3 is 1. The van der Waals surface area contributed by atoms with Gasteiger partial charge in [0.05, 0.1) is 12.7 Å². The largest absolute Gasteiger partial charge is 0.508 e. The highest BCUT2D eigenvalue weighted by molar-refractivity contribution is 8.00. The summed E-state index contributed by atoms with van der Waals surface area (Å²) in [7, 11) is 1.23. The summed E-state index contributed by atoms with van der Waals surface area (Å²) in [6.07, 6.45) is 0. The van der Waals surface area contributed by atoms with Gasteiger partial charge >= 0.3 is 23.9 Å². The maximum Gasteiger partial charge on any atom is 0.338 e. The second-order valence-corrected chi connectivity index (χ2v) is 11.7. The molecule has 0 saturated carbocycles. The van der Waals surface area contributed by atoms with Crippen molar-refractivity contribution in [1.82, 2.24) is 9.80 Å². The second kappa shape index (κ2) is 14.4. The number of aliphatic carboxylic acids is 2. The fourth-order valence-corrected chi connectivity index (χ4v) is 7.64. The Balaban J connectivity index is 0.000000240. The lowest BCUT2D eigenvalue weighted by Gasteiger charge is -2.27. The number of carbonyl (C=O) groups excluding carboxylic acids is 4. The molecule has 2 amide bonds. The molecule has 4 rings (SSSR count). The molecule has 4 atom stereocenters. The van der Waals surface area contributed by atoms with E-state index in [1.807, 2.05) is 0 Å². The van der Waals surface area contributed by atoms with Crippen LogP contribution in [0.15, 0.2) is 36.4 Å². The first kappa shape index (κ1) is 34.1. The highest BCUT2D eigenvalue weighted by atomic mass is 32.2. The number of thioether (sulfide) groups is 2. The molecule has 14 nitrogen and oxygen atoms in total. The van der Waals surface area contributed by atoms with Crippen LogP contribution < -0.4 is 4.74 Å². The van der Waals surface area contributed by atoms with Crippen molar-refractivity contribution in [1.29, 1.82) is 0 Å². The molecule has 0 radical (unpaired) electrons. The van der Waals surface area contributed by atoms with E-state index in [0.717, 1.165) is 0 Å². The molecule has 2 aliphatic rings. The number of phenols is 2. The lowest BCUT2D eigenvalue weighted by molar-refractivity contribution is -0.148. The molecular weight excluding hydrogens is 620 g/mol. The number of nitrogens with zero attached hydrogens (tertiary/aromatic N) is 2. The summed E-state index contributed by atoms with van der Waals surface area (Å²) in [5.74, 6) is -3.67. The van der Waals surface area contributed by atoms with Crippen molar-refractivity contribution in [2.45, 2.75) is 43.6 Å². The Bertz CT molecular complexity index is 1480. The normalized spacial score (nSPS) is 20.7. The van der Waals surface area contributed by atoms with E-state index in [-0.39, 0.29) is 34.3 Å². The van der Waals surface area contributed by atoms with Gasteiger partial charge in [0.25, 0.3) is 0 Å². The first-order valence-corrected chi connectivity index (χ1v) is 15.0. The predicted molar refractivity (Wildman–Crippen MR) is 157 cm³/mol. The minimum absolute atomic E-state index is 0.0782. The number of rotatable bonds is 6. The Kier molecular flexibility index (Phi) is 11.1. The first-order chi connectivity index (χ1) is 20.7. The number of ether oxygens (including phenoxy) is 2. The topological polar surface area (TPSA) is 208 Å². The maximum absolute atomic E-state index is 11.9. The quantitative estimate of drug-likeness (QED) is 0.262. The van der Waals surface area contributed by atoms with Gasteiger partial charge in [-0.1, -0.05) is 0 Å². The standard InChI is InChI=1S/2C14H15NO6S/c1-7(16)15-11(13(18)19)6-22-12(15)10-5-8(17)3-4-9(10)14(20)21-2;1-7(16)15-11(14(19)20)6-22-13(15)10-5-9(21-8(2)17)3-4-12(10)18/h3-5,11-12,17H,6H2,1-2H3,(H,18,19);3-5,11,13,18H,6H2,1-2H3,(H,19,20). The summed E-state index contributed by atoms with van der Waals surface area (Å²) in [6, 6.07) is 6.36. The number of hydrogen-bond donors (Lipinski definition) is 4. The fraction of sp³-hybridized carbons (Fsp3) is 0.357. The van der Waals surface area contributed by atoms with E-state index >= 15 is 0 Å². The Hall–Kier alpha value is -4.44. The van der Waals surface area contributed by atoms with Crippen LogP contribution in [0.3, 0.4) is 0 Å². The molecule has 0 spiro atoms. The van der Waals surface area contributed by atoms with Crippen molar-refractivity contribution in [2.24, 2.45) is 0 Å². The van der Waals surface area contributed by atoms with Crippen molar-refractivity contribution in [3.05, 3.63) is 53.1 Å². The van der Waals surface area contributed by atoms with Crippen molar-refractivity contribution >= 4 is 59.2 Å². The van der Waals surface area contributed by atoms with E-state index in [0.29, 0.717) is 11.1 Å². The van der Waals surface area contributed by atoms with Crippen molar-refractivity contribution in [2.75, 3.05) is 18.6 Å². The van der Waals surface area contributed by atoms with Gasteiger partial charge in [-0.05, 0) is 36.4 Å². The SMILES string of the molecule is CC(=O)Oc1ccc(O)c(C2SCC(C(=O)O)N2C(C)=O)c1.COC(=O)c1ccc(O)cc1C1SCC(C(=O)O)N1C(C)=O. The highest BCUT2D eigenvalue weighted by Gasteiger charge is 2.43. The van der Waals surface area contributed by atoms with Crippen molar-refractivity contribution < 1.29 is 58.7 Å². The average Bonchev–Trinajstić information content (AvgIpc) is 3.60. The van der Waals surface area contributed by atoms with Crippen LogP contribution in [0.2, 0.25) is 0 Å². The number of aromatic hydroxyl groups is 2. The molecule has 2 aliphatic heterocycles. The molecule has 0 aliphatic carbocycles. The van der Waals surface area contributed by atoms with Crippen LogP contribution in [-0.4, -0.2) is 96.6 Å². The highest BCUT2D eigenvalue weighted by Crippen LogP contribution is 2.46. The zero-order valence-corrected chi connectivity index (χ0v) is 25.6. The zero-order valence-electron chi connectivity index (χ0n) is 24.0. The van der Waals surface area contributed by atoms with Gasteiger partial charge < -0.3 is 39.7 Å². The third-order valence-electron chi connectivity index (χ3n) is 6.53. The van der Waals surface area contributed by atoms with Gasteiger partial charge in [0.15, 0.2) is 0 Å². The molecule has 2 aromatic carbocycles. The summed E-state index contributed by atoms with van der Waals surface area (Å²) in [5.41, 5.74) is 0.883. The van der Waals surface area contributed by atoms with Gasteiger partial charge in [-0.25, -0.2) is 14.4 Å². The smallest absolute Gasteiger partial charge is 0.338 e. The van der Waals surface area contributed by atoms with Crippen LogP contribution >= 0.6 is 23.5 Å². The number of carboxylic acids is 2. The zero-order chi connectivity index (χ0) is 32.9. The molecule has 0 bridgehead atoms. The molecular formula is C28H30N2O12S2. The van der Waals surface area contributed by atoms with E-state index in [1.54, 1.807) is 0 Å². The molecule has 2 aromatic rings. The van der Waals surface area contributed by atoms with E-state index in [4.69, 9.17) is 9.47 Å². The molecule has 44 heavy (non-hydrogen) atoms. The van der Waals surface area contributed by atoms with Gasteiger partial charge in [-0.15, -0.1) is 23.5 Å². The Labute approximate surface area is 259 Å². The third-order valence-corrected chi connectivity index (χ3v) is 9.14. The molecule has 4 unspecified atom stereocenters.